The highest BCUT2D eigenvalue weighted by Crippen LogP contribution is 2.33. The van der Waals surface area contributed by atoms with Crippen molar-refractivity contribution in [2.75, 3.05) is 19.7 Å². The van der Waals surface area contributed by atoms with E-state index in [4.69, 9.17) is 16.3 Å². The number of carboxylic acids is 1. The molecule has 168 valence electrons. The Labute approximate surface area is 192 Å². The lowest BCUT2D eigenvalue weighted by molar-refractivity contribution is -0.135. The van der Waals surface area contributed by atoms with Gasteiger partial charge in [-0.15, -0.1) is 0 Å². The molecule has 2 aliphatic heterocycles. The van der Waals surface area contributed by atoms with Crippen LogP contribution in [0.5, 0.6) is 5.75 Å². The monoisotopic (exact) mass is 454 g/mol. The first-order valence-electron chi connectivity index (χ1n) is 10.9. The Kier molecular flexibility index (Phi) is 6.82. The van der Waals surface area contributed by atoms with E-state index in [0.29, 0.717) is 42.5 Å². The maximum atomic E-state index is 12.1. The van der Waals surface area contributed by atoms with Gasteiger partial charge in [-0.1, -0.05) is 48.0 Å². The number of piperazine rings is 1. The fraction of sp³-hybridized carbons (Fsp3) is 0.360. The number of hydrogen-bond acceptors (Lipinski definition) is 4. The Bertz CT molecular complexity index is 1030. The fourth-order valence-corrected chi connectivity index (χ4v) is 4.71. The van der Waals surface area contributed by atoms with Crippen molar-refractivity contribution >= 4 is 29.1 Å². The first-order chi connectivity index (χ1) is 15.4. The topological polar surface area (TPSA) is 78.9 Å². The van der Waals surface area contributed by atoms with Crippen LogP contribution in [0.25, 0.3) is 5.57 Å². The Morgan fingerprint density at radius 2 is 1.91 bits per heavy atom. The zero-order valence-electron chi connectivity index (χ0n) is 18.0. The van der Waals surface area contributed by atoms with E-state index in [1.165, 1.54) is 12.5 Å². The van der Waals surface area contributed by atoms with Gasteiger partial charge in [-0.05, 0) is 48.1 Å². The second kappa shape index (κ2) is 9.76. The Morgan fingerprint density at radius 3 is 2.59 bits per heavy atom. The number of fused-ring (bicyclic) bond motifs is 2. The number of rotatable bonds is 7. The zero-order chi connectivity index (χ0) is 22.7. The molecule has 2 N–H and O–H groups in total. The second-order valence-corrected chi connectivity index (χ2v) is 8.73. The van der Waals surface area contributed by atoms with Crippen molar-refractivity contribution in [1.82, 2.24) is 10.2 Å². The molecule has 0 aromatic heterocycles. The molecule has 2 aromatic rings. The van der Waals surface area contributed by atoms with E-state index < -0.39 is 5.97 Å². The molecule has 1 saturated heterocycles. The SMILES string of the molecule is CC(=O)N1CC2N[C@@H](CC(c3ccc(CCCOc4ccccc4Cl)cc3)=C2C(=O)O)C1. The fourth-order valence-electron chi connectivity index (χ4n) is 4.52. The van der Waals surface area contributed by atoms with Crippen LogP contribution >= 0.6 is 11.6 Å². The maximum Gasteiger partial charge on any atom is 0.333 e. The molecular weight excluding hydrogens is 428 g/mol. The number of para-hydroxylation sites is 1. The summed E-state index contributed by atoms with van der Waals surface area (Å²) in [4.78, 5) is 25.6. The molecule has 7 heteroatoms. The lowest BCUT2D eigenvalue weighted by atomic mass is 9.83. The summed E-state index contributed by atoms with van der Waals surface area (Å²) in [5, 5.41) is 13.9. The summed E-state index contributed by atoms with van der Waals surface area (Å²) in [6, 6.07) is 15.3. The van der Waals surface area contributed by atoms with Crippen molar-refractivity contribution in [3.63, 3.8) is 0 Å². The largest absolute Gasteiger partial charge is 0.492 e. The smallest absolute Gasteiger partial charge is 0.333 e. The number of halogens is 1. The minimum atomic E-state index is -0.929. The van der Waals surface area contributed by atoms with E-state index in [9.17, 15) is 14.7 Å². The van der Waals surface area contributed by atoms with Crippen LogP contribution in [0, 0.1) is 0 Å². The summed E-state index contributed by atoms with van der Waals surface area (Å²) in [6.07, 6.45) is 2.30. The maximum absolute atomic E-state index is 12.1. The van der Waals surface area contributed by atoms with E-state index in [-0.39, 0.29) is 18.0 Å². The highest BCUT2D eigenvalue weighted by Gasteiger charge is 2.38. The third kappa shape index (κ3) is 4.97. The number of aliphatic carboxylic acids is 1. The molecule has 2 atom stereocenters. The van der Waals surface area contributed by atoms with Crippen LogP contribution in [0.4, 0.5) is 0 Å². The summed E-state index contributed by atoms with van der Waals surface area (Å²) in [7, 11) is 0. The number of carboxylic acid groups (broad SMARTS) is 1. The van der Waals surface area contributed by atoms with E-state index in [1.807, 2.05) is 36.4 Å². The molecule has 0 aliphatic carbocycles. The summed E-state index contributed by atoms with van der Waals surface area (Å²) < 4.78 is 5.75. The van der Waals surface area contributed by atoms with E-state index in [1.54, 1.807) is 4.90 Å². The zero-order valence-corrected chi connectivity index (χ0v) is 18.8. The molecular formula is C25H27ClN2O4. The molecule has 6 nitrogen and oxygen atoms in total. The van der Waals surface area contributed by atoms with E-state index in [0.717, 1.165) is 24.0 Å². The first-order valence-corrected chi connectivity index (χ1v) is 11.2. The standard InChI is InChI=1S/C25H27ClN2O4/c1-16(29)28-14-19-13-20(24(25(30)31)22(15-28)27-19)18-10-8-17(9-11-18)5-4-12-32-23-7-3-2-6-21(23)26/h2-3,6-11,19,22,27H,4-5,12-15H2,1H3,(H,30,31)/t19-,22?/m0/s1. The van der Waals surface area contributed by atoms with Crippen molar-refractivity contribution in [3.8, 4) is 5.75 Å². The molecule has 0 saturated carbocycles. The van der Waals surface area contributed by atoms with Gasteiger partial charge in [-0.25, -0.2) is 4.79 Å². The van der Waals surface area contributed by atoms with Crippen LogP contribution in [-0.2, 0) is 16.0 Å². The molecule has 2 aromatic carbocycles. The number of hydrogen-bond donors (Lipinski definition) is 2. The number of amides is 1. The van der Waals surface area contributed by atoms with Gasteiger partial charge in [0.05, 0.1) is 23.2 Å². The summed E-state index contributed by atoms with van der Waals surface area (Å²) >= 11 is 6.11. The number of benzene rings is 2. The minimum absolute atomic E-state index is 0.0162. The number of carbonyl (C=O) groups is 2. The van der Waals surface area contributed by atoms with Gasteiger partial charge in [-0.3, -0.25) is 4.79 Å². The average Bonchev–Trinajstić information content (AvgIpc) is 2.77. The predicted octanol–water partition coefficient (Wildman–Crippen LogP) is 3.78. The number of nitrogens with zero attached hydrogens (tertiary/aromatic N) is 1. The Morgan fingerprint density at radius 1 is 1.16 bits per heavy atom. The van der Waals surface area contributed by atoms with E-state index >= 15 is 0 Å². The Balaban J connectivity index is 1.42. The van der Waals surface area contributed by atoms with Gasteiger partial charge >= 0.3 is 5.97 Å². The Hall–Kier alpha value is -2.83. The van der Waals surface area contributed by atoms with Crippen molar-refractivity contribution < 1.29 is 19.4 Å². The van der Waals surface area contributed by atoms with Gasteiger partial charge in [0.2, 0.25) is 5.91 Å². The van der Waals surface area contributed by atoms with Gasteiger partial charge in [0.25, 0.3) is 0 Å². The third-order valence-electron chi connectivity index (χ3n) is 6.09. The van der Waals surface area contributed by atoms with Crippen LogP contribution in [0.3, 0.4) is 0 Å². The van der Waals surface area contributed by atoms with Crippen LogP contribution in [-0.4, -0.2) is 53.7 Å². The first kappa shape index (κ1) is 22.4. The molecule has 4 rings (SSSR count). The predicted molar refractivity (Wildman–Crippen MR) is 124 cm³/mol. The molecule has 2 aliphatic rings. The lowest BCUT2D eigenvalue weighted by Gasteiger charge is -2.43. The van der Waals surface area contributed by atoms with E-state index in [2.05, 4.69) is 17.4 Å². The van der Waals surface area contributed by atoms with Crippen molar-refractivity contribution in [2.45, 2.75) is 38.3 Å². The number of aryl methyl sites for hydroxylation is 1. The molecule has 1 fully saturated rings. The highest BCUT2D eigenvalue weighted by molar-refractivity contribution is 6.32. The van der Waals surface area contributed by atoms with Crippen molar-refractivity contribution in [3.05, 3.63) is 70.3 Å². The quantitative estimate of drug-likeness (QED) is 0.622. The van der Waals surface area contributed by atoms with Crippen LogP contribution in [0.15, 0.2) is 54.1 Å². The summed E-state index contributed by atoms with van der Waals surface area (Å²) in [5.74, 6) is -0.253. The third-order valence-corrected chi connectivity index (χ3v) is 6.40. The van der Waals surface area contributed by atoms with Gasteiger partial charge in [0, 0.05) is 26.1 Å². The lowest BCUT2D eigenvalue weighted by Crippen LogP contribution is -2.61. The van der Waals surface area contributed by atoms with Gasteiger partial charge in [-0.2, -0.15) is 0 Å². The van der Waals surface area contributed by atoms with Crippen LogP contribution < -0.4 is 10.1 Å². The van der Waals surface area contributed by atoms with Crippen LogP contribution in [0.1, 0.15) is 30.9 Å². The normalized spacial score (nSPS) is 20.2. The van der Waals surface area contributed by atoms with Gasteiger partial charge in [0.15, 0.2) is 0 Å². The number of ether oxygens (including phenoxy) is 1. The molecule has 0 radical (unpaired) electrons. The molecule has 32 heavy (non-hydrogen) atoms. The average molecular weight is 455 g/mol. The number of carbonyl (C=O) groups excluding carboxylic acids is 1. The second-order valence-electron chi connectivity index (χ2n) is 8.32. The van der Waals surface area contributed by atoms with Gasteiger partial charge in [0.1, 0.15) is 5.75 Å². The van der Waals surface area contributed by atoms with Crippen molar-refractivity contribution in [2.24, 2.45) is 0 Å². The highest BCUT2D eigenvalue weighted by atomic mass is 35.5. The van der Waals surface area contributed by atoms with Crippen molar-refractivity contribution in [1.29, 1.82) is 0 Å². The van der Waals surface area contributed by atoms with Gasteiger partial charge < -0.3 is 20.1 Å². The summed E-state index contributed by atoms with van der Waals surface area (Å²) in [6.45, 7) is 3.10. The minimum Gasteiger partial charge on any atom is -0.492 e. The molecule has 1 amide bonds. The molecule has 1 unspecified atom stereocenters. The molecule has 0 spiro atoms. The molecule has 2 heterocycles. The van der Waals surface area contributed by atoms with Crippen LogP contribution in [0.2, 0.25) is 5.02 Å². The number of nitrogens with one attached hydrogen (secondary N) is 1. The summed E-state index contributed by atoms with van der Waals surface area (Å²) in [5.41, 5.74) is 3.34. The molecule has 2 bridgehead atoms.